The number of aryl methyl sites for hydroxylation is 1. The van der Waals surface area contributed by atoms with Gasteiger partial charge in [0.05, 0.1) is 58.2 Å². The van der Waals surface area contributed by atoms with E-state index in [1.165, 1.54) is 4.90 Å². The molecule has 22 nitrogen and oxygen atoms in total. The van der Waals surface area contributed by atoms with Crippen LogP contribution in [0.1, 0.15) is 163 Å². The molecule has 7 aromatic rings. The maximum absolute atomic E-state index is 14.7. The van der Waals surface area contributed by atoms with Gasteiger partial charge in [0.1, 0.15) is 29.3 Å². The van der Waals surface area contributed by atoms with Gasteiger partial charge < -0.3 is 34.2 Å². The summed E-state index contributed by atoms with van der Waals surface area (Å²) in [4.78, 5) is 62.0. The van der Waals surface area contributed by atoms with E-state index in [1.807, 2.05) is 99.8 Å². The highest BCUT2D eigenvalue weighted by Gasteiger charge is 2.50. The zero-order valence-electron chi connectivity index (χ0n) is 48.7. The summed E-state index contributed by atoms with van der Waals surface area (Å²) in [6.07, 6.45) is 16.1. The summed E-state index contributed by atoms with van der Waals surface area (Å²) in [6, 6.07) is 10.1. The molecular weight excluding hydrogens is 1090 g/mol. The van der Waals surface area contributed by atoms with E-state index in [2.05, 4.69) is 41.0 Å². The van der Waals surface area contributed by atoms with Gasteiger partial charge in [-0.25, -0.2) is 24.0 Å². The van der Waals surface area contributed by atoms with E-state index in [4.69, 9.17) is 29.1 Å². The predicted octanol–water partition coefficient (Wildman–Crippen LogP) is 8.13. The van der Waals surface area contributed by atoms with Crippen molar-refractivity contribution in [3.63, 3.8) is 0 Å². The minimum atomic E-state index is -0.839. The van der Waals surface area contributed by atoms with E-state index in [0.29, 0.717) is 66.6 Å². The fraction of sp³-hybridized carbons (Fsp3) is 0.574. The molecule has 0 radical (unpaired) electrons. The highest BCUT2D eigenvalue weighted by Crippen LogP contribution is 2.49. The summed E-state index contributed by atoms with van der Waals surface area (Å²) < 4.78 is 23.8. The van der Waals surface area contributed by atoms with Gasteiger partial charge in [0.25, 0.3) is 0 Å². The van der Waals surface area contributed by atoms with Crippen molar-refractivity contribution in [2.45, 2.75) is 166 Å². The van der Waals surface area contributed by atoms with Gasteiger partial charge in [0.2, 0.25) is 17.7 Å². The van der Waals surface area contributed by atoms with E-state index < -0.39 is 29.0 Å². The number of hydrogen-bond acceptors (Lipinski definition) is 18. The van der Waals surface area contributed by atoms with Gasteiger partial charge >= 0.3 is 0 Å². The molecule has 3 saturated heterocycles. The summed E-state index contributed by atoms with van der Waals surface area (Å²) >= 11 is 1.59. The molecule has 9 heterocycles. The van der Waals surface area contributed by atoms with Gasteiger partial charge in [-0.05, 0) is 120 Å². The fourth-order valence-corrected chi connectivity index (χ4v) is 14.5. The van der Waals surface area contributed by atoms with Gasteiger partial charge in [-0.1, -0.05) is 67.0 Å². The molecule has 0 bridgehead atoms. The molecule has 1 aromatic carbocycles. The molecule has 84 heavy (non-hydrogen) atoms. The number of ketones is 1. The van der Waals surface area contributed by atoms with Crippen LogP contribution in [0.25, 0.3) is 39.2 Å². The monoisotopic (exact) mass is 1160 g/mol. The van der Waals surface area contributed by atoms with E-state index in [9.17, 15) is 19.5 Å². The van der Waals surface area contributed by atoms with E-state index in [1.54, 1.807) is 20.7 Å². The second-order valence-corrected chi connectivity index (χ2v) is 26.5. The molecule has 6 aliphatic rings. The summed E-state index contributed by atoms with van der Waals surface area (Å²) in [5.74, 6) is 1.77. The number of piperidine rings is 1. The standard InChI is InChI=1S/C61H75N15O7S/c1-37(39-11-13-41(14-12-39)53-38(2)62-36-84-53)63-57(79)48-29-43(77)31-73(48)58(80)54(59(3,4)5)76-32-46(66-71-76)40-15-24-72(25-16-40)34-60(22-23-60)35-82-51-30-50(74-26-17-45(68-74)47-33-75(70-67-47)42-18-27-81-28-19-42)64-56(65-51)52-44-9-8-21-61(55(44)83-69-52)20-7-6-10-49(61)78/h11-14,17,26,30,32-33,36-37,40,42-43,48,54,77H,6-10,15-16,18-25,27-29,31,34-35H2,1-5H3,(H,63,79)/t37-,43+,48-,54+,61+/m0/s1. The number of carbonyl (C=O) groups is 3. The van der Waals surface area contributed by atoms with Gasteiger partial charge in [-0.3, -0.25) is 14.4 Å². The van der Waals surface area contributed by atoms with Crippen molar-refractivity contribution >= 4 is 28.9 Å². The minimum absolute atomic E-state index is 0.0550. The highest BCUT2D eigenvalue weighted by atomic mass is 32.1. The normalized spacial score (nSPS) is 23.0. The Bertz CT molecular complexity index is 3530. The van der Waals surface area contributed by atoms with Crippen molar-refractivity contribution in [1.29, 1.82) is 0 Å². The zero-order valence-corrected chi connectivity index (χ0v) is 49.5. The number of aliphatic hydroxyl groups excluding tert-OH is 1. The van der Waals surface area contributed by atoms with Crippen LogP contribution in [0.2, 0.25) is 0 Å². The second kappa shape index (κ2) is 22.7. The molecule has 6 aromatic heterocycles. The maximum atomic E-state index is 14.7. The lowest BCUT2D eigenvalue weighted by Crippen LogP contribution is -2.50. The number of ether oxygens (including phenoxy) is 2. The molecular formula is C61H75N15O7S. The number of aliphatic hydroxyl groups is 1. The van der Waals surface area contributed by atoms with E-state index in [0.717, 1.165) is 130 Å². The van der Waals surface area contributed by atoms with Crippen LogP contribution in [0.5, 0.6) is 5.88 Å². The number of carbonyl (C=O) groups excluding carboxylic acids is 3. The Morgan fingerprint density at radius 2 is 1.74 bits per heavy atom. The lowest BCUT2D eigenvalue weighted by molar-refractivity contribution is -0.144. The molecule has 0 unspecified atom stereocenters. The number of likely N-dealkylation sites (tertiary alicyclic amines) is 2. The van der Waals surface area contributed by atoms with Crippen LogP contribution in [-0.2, 0) is 31.0 Å². The third-order valence-corrected chi connectivity index (χ3v) is 19.6. The lowest BCUT2D eigenvalue weighted by Gasteiger charge is -2.36. The van der Waals surface area contributed by atoms with Crippen molar-refractivity contribution < 1.29 is 33.5 Å². The Balaban J connectivity index is 0.667. The molecule has 2 amide bonds. The Labute approximate surface area is 492 Å². The molecule has 2 saturated carbocycles. The average molecular weight is 1160 g/mol. The van der Waals surface area contributed by atoms with Crippen LogP contribution in [0, 0.1) is 17.8 Å². The zero-order chi connectivity index (χ0) is 57.9. The molecule has 442 valence electrons. The number of benzene rings is 1. The van der Waals surface area contributed by atoms with Crippen molar-refractivity contribution in [3.05, 3.63) is 88.8 Å². The number of fused-ring (bicyclic) bond motifs is 2. The van der Waals surface area contributed by atoms with Gasteiger partial charge in [0.15, 0.2) is 23.1 Å². The molecule has 2 N–H and O–H groups in total. The molecule has 1 spiro atoms. The molecule has 3 aliphatic carbocycles. The van der Waals surface area contributed by atoms with Crippen molar-refractivity contribution in [1.82, 2.24) is 75.0 Å². The first-order valence-electron chi connectivity index (χ1n) is 30.1. The van der Waals surface area contributed by atoms with Crippen LogP contribution in [0.15, 0.2) is 65.0 Å². The first-order chi connectivity index (χ1) is 40.6. The number of rotatable bonds is 16. The smallest absolute Gasteiger partial charge is 0.248 e. The van der Waals surface area contributed by atoms with E-state index >= 15 is 0 Å². The van der Waals surface area contributed by atoms with Crippen LogP contribution in [-0.4, -0.2) is 151 Å². The average Bonchev–Trinajstić information content (AvgIpc) is 2.46. The number of nitrogens with one attached hydrogen (secondary N) is 1. The first-order valence-corrected chi connectivity index (χ1v) is 31.0. The van der Waals surface area contributed by atoms with Crippen molar-refractivity contribution in [3.8, 4) is 45.0 Å². The predicted molar refractivity (Wildman–Crippen MR) is 310 cm³/mol. The SMILES string of the molecule is Cc1ncsc1-c1ccc([C@H](C)NC(=O)[C@@H]2C[C@@H](O)CN2C(=O)[C@@H](n2cc(C3CCN(CC4(COc5cc(-n6ccc(-c7cn(C8CCOCC8)nn7)n6)nc(-c6noc7c6CCC[C@@]76CCCCC6=O)n5)CC4)CC3)nn2)C(C)(C)C)cc1. The number of aromatic nitrogens is 12. The second-order valence-electron chi connectivity index (χ2n) is 25.6. The number of Topliss-reactive ketones (excluding diaryl/α,β-unsaturated/α-hetero) is 1. The number of amides is 2. The van der Waals surface area contributed by atoms with Crippen LogP contribution in [0.3, 0.4) is 0 Å². The third-order valence-electron chi connectivity index (χ3n) is 18.6. The summed E-state index contributed by atoms with van der Waals surface area (Å²) in [5, 5.41) is 41.8. The summed E-state index contributed by atoms with van der Waals surface area (Å²) in [7, 11) is 0. The van der Waals surface area contributed by atoms with Gasteiger partial charge in [-0.15, -0.1) is 21.5 Å². The van der Waals surface area contributed by atoms with Crippen molar-refractivity contribution in [2.24, 2.45) is 10.8 Å². The molecule has 5 atom stereocenters. The van der Waals surface area contributed by atoms with E-state index in [-0.39, 0.29) is 54.0 Å². The fourth-order valence-electron chi connectivity index (χ4n) is 13.6. The summed E-state index contributed by atoms with van der Waals surface area (Å²) in [6.45, 7) is 14.4. The molecule has 5 fully saturated rings. The number of thiazole rings is 1. The number of nitrogens with zero attached hydrogens (tertiary/aromatic N) is 14. The van der Waals surface area contributed by atoms with Gasteiger partial charge in [-0.2, -0.15) is 10.1 Å². The topological polar surface area (TPSA) is 252 Å². The van der Waals surface area contributed by atoms with Gasteiger partial charge in [0, 0.05) is 74.5 Å². The largest absolute Gasteiger partial charge is 0.477 e. The van der Waals surface area contributed by atoms with Crippen LogP contribution in [0.4, 0.5) is 0 Å². The third kappa shape index (κ3) is 11.1. The lowest BCUT2D eigenvalue weighted by atomic mass is 9.64. The van der Waals surface area contributed by atoms with Crippen molar-refractivity contribution in [2.75, 3.05) is 46.0 Å². The molecule has 13 rings (SSSR count). The Morgan fingerprint density at radius 3 is 2.49 bits per heavy atom. The Hall–Kier alpha value is -7.08. The number of β-amino-alcohol motifs (C(OH)–C–C–N with tert-alkyl or cyclic N) is 1. The number of hydrogen-bond donors (Lipinski definition) is 2. The maximum Gasteiger partial charge on any atom is 0.248 e. The summed E-state index contributed by atoms with van der Waals surface area (Å²) in [5.41, 5.74) is 7.14. The highest BCUT2D eigenvalue weighted by molar-refractivity contribution is 7.13. The quantitative estimate of drug-likeness (QED) is 0.0926. The Morgan fingerprint density at radius 1 is 0.940 bits per heavy atom. The Kier molecular flexibility index (Phi) is 15.2. The van der Waals surface area contributed by atoms with Crippen LogP contribution >= 0.6 is 11.3 Å². The first kappa shape index (κ1) is 56.1. The van der Waals surface area contributed by atoms with Crippen LogP contribution < -0.4 is 10.1 Å². The minimum Gasteiger partial charge on any atom is -0.477 e. The molecule has 23 heteroatoms. The molecule has 3 aliphatic heterocycles.